The van der Waals surface area contributed by atoms with Gasteiger partial charge in [0.25, 0.3) is 0 Å². The van der Waals surface area contributed by atoms with E-state index in [9.17, 15) is 4.79 Å². The van der Waals surface area contributed by atoms with Crippen LogP contribution in [0.5, 0.6) is 0 Å². The van der Waals surface area contributed by atoms with Crippen molar-refractivity contribution in [1.29, 1.82) is 0 Å². The minimum absolute atomic E-state index is 0.000303. The third kappa shape index (κ3) is 3.99. The summed E-state index contributed by atoms with van der Waals surface area (Å²) in [6, 6.07) is 7.15. The largest absolute Gasteiger partial charge is 0.389 e. The molecular formula is C13H16N2O3S. The number of hydrogen-bond donors (Lipinski definition) is 2. The third-order valence-corrected chi connectivity index (χ3v) is 3.02. The molecule has 0 radical (unpaired) electrons. The third-order valence-electron chi connectivity index (χ3n) is 2.80. The number of carbonyl (C=O) groups excluding carboxylic acids is 1. The first kappa shape index (κ1) is 13.9. The number of nitrogens with one attached hydrogen (secondary N) is 1. The molecule has 6 heteroatoms. The Balaban J connectivity index is 1.89. The van der Waals surface area contributed by atoms with E-state index in [0.29, 0.717) is 24.5 Å². The number of carbonyl (C=O) groups is 1. The Morgan fingerprint density at radius 3 is 3.00 bits per heavy atom. The van der Waals surface area contributed by atoms with Gasteiger partial charge in [0.2, 0.25) is 5.91 Å². The summed E-state index contributed by atoms with van der Waals surface area (Å²) in [5, 5.41) is 2.74. The molecule has 1 amide bonds. The Morgan fingerprint density at radius 2 is 2.32 bits per heavy atom. The van der Waals surface area contributed by atoms with Crippen molar-refractivity contribution in [1.82, 2.24) is 0 Å². The molecule has 1 aromatic rings. The van der Waals surface area contributed by atoms with Gasteiger partial charge in [-0.05, 0) is 18.6 Å². The van der Waals surface area contributed by atoms with Crippen molar-refractivity contribution in [2.45, 2.75) is 12.5 Å². The lowest BCUT2D eigenvalue weighted by molar-refractivity contribution is -0.122. The molecule has 1 aliphatic rings. The van der Waals surface area contributed by atoms with E-state index in [2.05, 4.69) is 5.32 Å². The monoisotopic (exact) mass is 280 g/mol. The zero-order valence-corrected chi connectivity index (χ0v) is 11.2. The summed E-state index contributed by atoms with van der Waals surface area (Å²) in [7, 11) is 0. The molecule has 5 nitrogen and oxygen atoms in total. The van der Waals surface area contributed by atoms with Crippen LogP contribution in [0.2, 0.25) is 0 Å². The van der Waals surface area contributed by atoms with E-state index in [4.69, 9.17) is 27.4 Å². The van der Waals surface area contributed by atoms with E-state index in [0.717, 1.165) is 6.42 Å². The van der Waals surface area contributed by atoms with Crippen molar-refractivity contribution in [2.24, 2.45) is 5.73 Å². The number of hydrogen-bond acceptors (Lipinski definition) is 4. The van der Waals surface area contributed by atoms with Crippen LogP contribution < -0.4 is 11.1 Å². The molecule has 2 rings (SSSR count). The maximum absolute atomic E-state index is 11.8. The van der Waals surface area contributed by atoms with Crippen molar-refractivity contribution < 1.29 is 14.3 Å². The first-order valence-corrected chi connectivity index (χ1v) is 6.45. The highest BCUT2D eigenvalue weighted by Crippen LogP contribution is 2.15. The predicted molar refractivity (Wildman–Crippen MR) is 76.1 cm³/mol. The smallest absolute Gasteiger partial charge is 0.250 e. The molecule has 1 atom stereocenters. The lowest BCUT2D eigenvalue weighted by Crippen LogP contribution is -2.24. The molecule has 1 fully saturated rings. The molecule has 0 aliphatic carbocycles. The molecule has 102 valence electrons. The average molecular weight is 280 g/mol. The van der Waals surface area contributed by atoms with Crippen molar-refractivity contribution in [3.63, 3.8) is 0 Å². The molecule has 0 saturated carbocycles. The second kappa shape index (κ2) is 6.60. The molecule has 0 aromatic heterocycles. The van der Waals surface area contributed by atoms with Gasteiger partial charge in [-0.2, -0.15) is 0 Å². The summed E-state index contributed by atoms with van der Waals surface area (Å²) < 4.78 is 10.6. The zero-order chi connectivity index (χ0) is 13.7. The summed E-state index contributed by atoms with van der Waals surface area (Å²) in [5.74, 6) is -0.226. The van der Waals surface area contributed by atoms with E-state index < -0.39 is 0 Å². The van der Waals surface area contributed by atoms with Gasteiger partial charge in [-0.15, -0.1) is 0 Å². The molecular weight excluding hydrogens is 264 g/mol. The van der Waals surface area contributed by atoms with Gasteiger partial charge in [0, 0.05) is 12.2 Å². The highest BCUT2D eigenvalue weighted by molar-refractivity contribution is 7.80. The Morgan fingerprint density at radius 1 is 1.53 bits per heavy atom. The van der Waals surface area contributed by atoms with Crippen molar-refractivity contribution in [2.75, 3.05) is 25.1 Å². The number of para-hydroxylation sites is 1. The SMILES string of the molecule is NC(=S)c1ccccc1NC(=O)COC1CCOC1. The lowest BCUT2D eigenvalue weighted by atomic mass is 10.2. The summed E-state index contributed by atoms with van der Waals surface area (Å²) >= 11 is 4.93. The highest BCUT2D eigenvalue weighted by Gasteiger charge is 2.17. The van der Waals surface area contributed by atoms with Crippen molar-refractivity contribution in [3.05, 3.63) is 29.8 Å². The number of anilines is 1. The van der Waals surface area contributed by atoms with Gasteiger partial charge in [-0.25, -0.2) is 0 Å². The second-order valence-electron chi connectivity index (χ2n) is 4.25. The number of benzene rings is 1. The molecule has 1 unspecified atom stereocenters. The fraction of sp³-hybridized carbons (Fsp3) is 0.385. The molecule has 3 N–H and O–H groups in total. The van der Waals surface area contributed by atoms with Gasteiger partial charge in [-0.1, -0.05) is 24.4 Å². The van der Waals surface area contributed by atoms with E-state index in [1.165, 1.54) is 0 Å². The number of amides is 1. The van der Waals surface area contributed by atoms with Crippen molar-refractivity contribution in [3.8, 4) is 0 Å². The summed E-state index contributed by atoms with van der Waals surface area (Å²) in [4.78, 5) is 12.0. The van der Waals surface area contributed by atoms with E-state index >= 15 is 0 Å². The fourth-order valence-electron chi connectivity index (χ4n) is 1.83. The van der Waals surface area contributed by atoms with Crippen LogP contribution in [0.15, 0.2) is 24.3 Å². The summed E-state index contributed by atoms with van der Waals surface area (Å²) in [6.45, 7) is 1.24. The van der Waals surface area contributed by atoms with Crippen LogP contribution in [-0.2, 0) is 14.3 Å². The Labute approximate surface area is 117 Å². The van der Waals surface area contributed by atoms with Gasteiger partial charge in [-0.3, -0.25) is 4.79 Å². The van der Waals surface area contributed by atoms with Crippen LogP contribution >= 0.6 is 12.2 Å². The van der Waals surface area contributed by atoms with Crippen LogP contribution in [0.1, 0.15) is 12.0 Å². The van der Waals surface area contributed by atoms with Gasteiger partial charge in [0.15, 0.2) is 0 Å². The summed E-state index contributed by atoms with van der Waals surface area (Å²) in [5.41, 5.74) is 6.85. The standard InChI is InChI=1S/C13H16N2O3S/c14-13(19)10-3-1-2-4-11(10)15-12(16)8-18-9-5-6-17-7-9/h1-4,9H,5-8H2,(H2,14,19)(H,15,16). The fourth-order valence-corrected chi connectivity index (χ4v) is 2.01. The number of rotatable bonds is 5. The highest BCUT2D eigenvalue weighted by atomic mass is 32.1. The van der Waals surface area contributed by atoms with Crippen LogP contribution in [0, 0.1) is 0 Å². The molecule has 1 heterocycles. The van der Waals surface area contributed by atoms with E-state index in [-0.39, 0.29) is 23.6 Å². The molecule has 19 heavy (non-hydrogen) atoms. The van der Waals surface area contributed by atoms with Gasteiger partial charge in [0.1, 0.15) is 11.6 Å². The number of ether oxygens (including phenoxy) is 2. The minimum atomic E-state index is -0.226. The first-order valence-electron chi connectivity index (χ1n) is 6.05. The Kier molecular flexibility index (Phi) is 4.84. The van der Waals surface area contributed by atoms with Gasteiger partial charge >= 0.3 is 0 Å². The quantitative estimate of drug-likeness (QED) is 0.789. The maximum atomic E-state index is 11.8. The molecule has 0 bridgehead atoms. The Bertz CT molecular complexity index is 473. The topological polar surface area (TPSA) is 73.6 Å². The number of nitrogens with two attached hydrogens (primary N) is 1. The second-order valence-corrected chi connectivity index (χ2v) is 4.69. The van der Waals surface area contributed by atoms with Crippen molar-refractivity contribution >= 4 is 28.8 Å². The molecule has 0 spiro atoms. The van der Waals surface area contributed by atoms with Crippen LogP contribution in [0.25, 0.3) is 0 Å². The van der Waals surface area contributed by atoms with E-state index in [1.54, 1.807) is 12.1 Å². The predicted octanol–water partition coefficient (Wildman–Crippen LogP) is 1.06. The summed E-state index contributed by atoms with van der Waals surface area (Å²) in [6.07, 6.45) is 0.841. The first-order chi connectivity index (χ1) is 9.16. The van der Waals surface area contributed by atoms with E-state index in [1.807, 2.05) is 12.1 Å². The van der Waals surface area contributed by atoms with Gasteiger partial charge < -0.3 is 20.5 Å². The van der Waals surface area contributed by atoms with Crippen LogP contribution in [0.4, 0.5) is 5.69 Å². The Hall–Kier alpha value is -1.50. The normalized spacial score (nSPS) is 18.2. The molecule has 1 aliphatic heterocycles. The van der Waals surface area contributed by atoms with Crippen LogP contribution in [0.3, 0.4) is 0 Å². The van der Waals surface area contributed by atoms with Crippen LogP contribution in [-0.4, -0.2) is 36.8 Å². The van der Waals surface area contributed by atoms with Gasteiger partial charge in [0.05, 0.1) is 18.4 Å². The maximum Gasteiger partial charge on any atom is 0.250 e. The molecule has 1 saturated heterocycles. The lowest BCUT2D eigenvalue weighted by Gasteiger charge is -2.12. The number of thiocarbonyl (C=S) groups is 1. The molecule has 1 aromatic carbocycles. The minimum Gasteiger partial charge on any atom is -0.389 e. The average Bonchev–Trinajstić information content (AvgIpc) is 2.90. The zero-order valence-electron chi connectivity index (χ0n) is 10.4.